The smallest absolute Gasteiger partial charge is 0.207 e. The minimum atomic E-state index is -3.39. The van der Waals surface area contributed by atoms with Gasteiger partial charge in [0, 0.05) is 5.02 Å². The SMILES string of the molecule is CC(C)=C=CS(=O)(=O)c1ccc(Cl)cc1. The molecule has 0 fully saturated rings. The van der Waals surface area contributed by atoms with E-state index in [1.165, 1.54) is 12.1 Å². The van der Waals surface area contributed by atoms with E-state index in [4.69, 9.17) is 11.6 Å². The van der Waals surface area contributed by atoms with E-state index >= 15 is 0 Å². The molecule has 0 bridgehead atoms. The van der Waals surface area contributed by atoms with Crippen LogP contribution in [0.25, 0.3) is 0 Å². The molecule has 15 heavy (non-hydrogen) atoms. The van der Waals surface area contributed by atoms with Gasteiger partial charge in [0.05, 0.1) is 10.3 Å². The lowest BCUT2D eigenvalue weighted by Gasteiger charge is -1.97. The molecule has 0 aliphatic rings. The largest absolute Gasteiger partial charge is 0.218 e. The quantitative estimate of drug-likeness (QED) is 0.747. The van der Waals surface area contributed by atoms with Crippen molar-refractivity contribution in [1.82, 2.24) is 0 Å². The Morgan fingerprint density at radius 1 is 1.27 bits per heavy atom. The second kappa shape index (κ2) is 4.67. The van der Waals surface area contributed by atoms with Gasteiger partial charge in [-0.05, 0) is 43.7 Å². The van der Waals surface area contributed by atoms with Crippen LogP contribution in [-0.4, -0.2) is 8.42 Å². The molecule has 4 heteroatoms. The van der Waals surface area contributed by atoms with Gasteiger partial charge in [-0.15, -0.1) is 5.73 Å². The van der Waals surface area contributed by atoms with Gasteiger partial charge in [0.1, 0.15) is 0 Å². The summed E-state index contributed by atoms with van der Waals surface area (Å²) in [5.74, 6) is 0. The van der Waals surface area contributed by atoms with E-state index in [0.717, 1.165) is 11.0 Å². The highest BCUT2D eigenvalue weighted by Crippen LogP contribution is 2.15. The van der Waals surface area contributed by atoms with Crippen LogP contribution in [0.1, 0.15) is 13.8 Å². The summed E-state index contributed by atoms with van der Waals surface area (Å²) in [6.45, 7) is 3.57. The van der Waals surface area contributed by atoms with Crippen LogP contribution >= 0.6 is 11.6 Å². The molecule has 0 aliphatic heterocycles. The number of allylic oxidation sites excluding steroid dienone is 1. The maximum absolute atomic E-state index is 11.7. The van der Waals surface area contributed by atoms with Crippen LogP contribution in [0.15, 0.2) is 45.9 Å². The van der Waals surface area contributed by atoms with Crippen LogP contribution in [0, 0.1) is 0 Å². The highest BCUT2D eigenvalue weighted by Gasteiger charge is 2.08. The van der Waals surface area contributed by atoms with Gasteiger partial charge in [0.25, 0.3) is 0 Å². The Morgan fingerprint density at radius 2 is 1.80 bits per heavy atom. The first-order valence-corrected chi connectivity index (χ1v) is 6.25. The maximum Gasteiger partial charge on any atom is 0.207 e. The third-order valence-electron chi connectivity index (χ3n) is 1.64. The average molecular weight is 243 g/mol. The van der Waals surface area contributed by atoms with Gasteiger partial charge in [-0.1, -0.05) is 11.6 Å². The molecule has 0 unspecified atom stereocenters. The van der Waals surface area contributed by atoms with Crippen LogP contribution in [0.3, 0.4) is 0 Å². The fourth-order valence-electron chi connectivity index (χ4n) is 0.888. The van der Waals surface area contributed by atoms with E-state index in [9.17, 15) is 8.42 Å². The highest BCUT2D eigenvalue weighted by atomic mass is 35.5. The Kier molecular flexibility index (Phi) is 3.75. The molecule has 0 radical (unpaired) electrons. The molecule has 0 aliphatic carbocycles. The van der Waals surface area contributed by atoms with E-state index in [0.29, 0.717) is 5.02 Å². The highest BCUT2D eigenvalue weighted by molar-refractivity contribution is 7.94. The predicted octanol–water partition coefficient (Wildman–Crippen LogP) is 3.19. The van der Waals surface area contributed by atoms with Crippen molar-refractivity contribution < 1.29 is 8.42 Å². The van der Waals surface area contributed by atoms with Crippen molar-refractivity contribution in [1.29, 1.82) is 0 Å². The summed E-state index contributed by atoms with van der Waals surface area (Å²) >= 11 is 5.66. The van der Waals surface area contributed by atoms with Gasteiger partial charge in [-0.3, -0.25) is 0 Å². The molecule has 0 saturated carbocycles. The number of benzene rings is 1. The molecule has 0 aromatic heterocycles. The Bertz CT molecular complexity index is 502. The summed E-state index contributed by atoms with van der Waals surface area (Å²) in [6.07, 6.45) is 0. The first kappa shape index (κ1) is 12.1. The molecular weight excluding hydrogens is 232 g/mol. The lowest BCUT2D eigenvalue weighted by Crippen LogP contribution is -1.94. The standard InChI is InChI=1S/C11H11ClO2S/c1-9(2)7-8-15(13,14)11-5-3-10(12)4-6-11/h3-6,8H,1-2H3. The van der Waals surface area contributed by atoms with Gasteiger partial charge in [-0.2, -0.15) is 0 Å². The molecule has 1 aromatic rings. The van der Waals surface area contributed by atoms with Crippen molar-refractivity contribution in [3.05, 3.63) is 46.0 Å². The summed E-state index contributed by atoms with van der Waals surface area (Å²) in [5.41, 5.74) is 3.48. The molecule has 1 aromatic carbocycles. The monoisotopic (exact) mass is 242 g/mol. The first-order chi connectivity index (χ1) is 6.92. The second-order valence-electron chi connectivity index (χ2n) is 3.26. The fourth-order valence-corrected chi connectivity index (χ4v) is 2.06. The van der Waals surface area contributed by atoms with Gasteiger partial charge < -0.3 is 0 Å². The summed E-state index contributed by atoms with van der Waals surface area (Å²) in [6, 6.07) is 6.04. The third kappa shape index (κ3) is 3.56. The molecule has 0 amide bonds. The Hall–Kier alpha value is -1.02. The molecule has 0 N–H and O–H groups in total. The average Bonchev–Trinajstić information content (AvgIpc) is 2.16. The van der Waals surface area contributed by atoms with Crippen LogP contribution in [0.5, 0.6) is 0 Å². The van der Waals surface area contributed by atoms with E-state index in [-0.39, 0.29) is 4.90 Å². The van der Waals surface area contributed by atoms with E-state index in [2.05, 4.69) is 5.73 Å². The number of rotatable bonds is 2. The lowest BCUT2D eigenvalue weighted by molar-refractivity contribution is 0.604. The summed E-state index contributed by atoms with van der Waals surface area (Å²) < 4.78 is 23.3. The van der Waals surface area contributed by atoms with E-state index in [1.807, 2.05) is 0 Å². The second-order valence-corrected chi connectivity index (χ2v) is 5.49. The summed E-state index contributed by atoms with van der Waals surface area (Å²) in [7, 11) is -3.39. The number of hydrogen-bond donors (Lipinski definition) is 0. The predicted molar refractivity (Wildman–Crippen MR) is 61.6 cm³/mol. The van der Waals surface area contributed by atoms with Crippen molar-refractivity contribution >= 4 is 21.4 Å². The van der Waals surface area contributed by atoms with Crippen molar-refractivity contribution in [3.63, 3.8) is 0 Å². The normalized spacial score (nSPS) is 10.6. The van der Waals surface area contributed by atoms with Crippen molar-refractivity contribution in [2.75, 3.05) is 0 Å². The summed E-state index contributed by atoms with van der Waals surface area (Å²) in [5, 5.41) is 1.59. The van der Waals surface area contributed by atoms with Gasteiger partial charge in [0.15, 0.2) is 0 Å². The minimum absolute atomic E-state index is 0.223. The number of halogens is 1. The van der Waals surface area contributed by atoms with Crippen LogP contribution in [-0.2, 0) is 9.84 Å². The van der Waals surface area contributed by atoms with Crippen LogP contribution in [0.4, 0.5) is 0 Å². The van der Waals surface area contributed by atoms with E-state index in [1.54, 1.807) is 26.0 Å². The zero-order chi connectivity index (χ0) is 11.5. The first-order valence-electron chi connectivity index (χ1n) is 4.32. The molecular formula is C11H11ClO2S. The molecule has 0 saturated heterocycles. The number of sulfone groups is 1. The molecule has 2 nitrogen and oxygen atoms in total. The van der Waals surface area contributed by atoms with Crippen molar-refractivity contribution in [2.24, 2.45) is 0 Å². The fraction of sp³-hybridized carbons (Fsp3) is 0.182. The Labute approximate surface area is 94.8 Å². The third-order valence-corrected chi connectivity index (χ3v) is 3.25. The maximum atomic E-state index is 11.7. The van der Waals surface area contributed by atoms with Crippen LogP contribution < -0.4 is 0 Å². The summed E-state index contributed by atoms with van der Waals surface area (Å²) in [4.78, 5) is 0.223. The van der Waals surface area contributed by atoms with Gasteiger partial charge in [0.2, 0.25) is 9.84 Å². The van der Waals surface area contributed by atoms with Gasteiger partial charge >= 0.3 is 0 Å². The van der Waals surface area contributed by atoms with Gasteiger partial charge in [-0.25, -0.2) is 8.42 Å². The zero-order valence-corrected chi connectivity index (χ0v) is 10.1. The minimum Gasteiger partial charge on any atom is -0.218 e. The Balaban J connectivity index is 3.19. The molecule has 0 heterocycles. The Morgan fingerprint density at radius 3 is 2.27 bits per heavy atom. The molecule has 0 atom stereocenters. The zero-order valence-electron chi connectivity index (χ0n) is 8.49. The van der Waals surface area contributed by atoms with E-state index < -0.39 is 9.84 Å². The lowest BCUT2D eigenvalue weighted by atomic mass is 10.4. The van der Waals surface area contributed by atoms with Crippen molar-refractivity contribution in [3.8, 4) is 0 Å². The molecule has 1 rings (SSSR count). The molecule has 80 valence electrons. The van der Waals surface area contributed by atoms with Crippen molar-refractivity contribution in [2.45, 2.75) is 18.7 Å². The number of hydrogen-bond acceptors (Lipinski definition) is 2. The topological polar surface area (TPSA) is 34.1 Å². The van der Waals surface area contributed by atoms with Crippen LogP contribution in [0.2, 0.25) is 5.02 Å². The molecule has 0 spiro atoms.